The molecule has 0 aliphatic heterocycles. The number of allylic oxidation sites excluding steroid dienone is 1. The molecule has 0 radical (unpaired) electrons. The second kappa shape index (κ2) is 3.70. The molecule has 0 N–H and O–H groups in total. The summed E-state index contributed by atoms with van der Waals surface area (Å²) in [6.07, 6.45) is 6.33. The highest BCUT2D eigenvalue weighted by Crippen LogP contribution is 2.21. The van der Waals surface area contributed by atoms with Crippen molar-refractivity contribution in [2.24, 2.45) is 7.05 Å². The molecule has 72 valence electrons. The first-order valence-corrected chi connectivity index (χ1v) is 4.97. The Labute approximate surface area is 84.7 Å². The van der Waals surface area contributed by atoms with E-state index in [1.54, 1.807) is 0 Å². The number of para-hydroxylation sites is 1. The van der Waals surface area contributed by atoms with E-state index in [4.69, 9.17) is 0 Å². The third kappa shape index (κ3) is 1.46. The van der Waals surface area contributed by atoms with Crippen molar-refractivity contribution in [1.82, 2.24) is 4.57 Å². The van der Waals surface area contributed by atoms with Gasteiger partial charge in [-0.05, 0) is 24.5 Å². The van der Waals surface area contributed by atoms with Crippen LogP contribution in [-0.4, -0.2) is 4.57 Å². The lowest BCUT2D eigenvalue weighted by molar-refractivity contribution is 0.938. The van der Waals surface area contributed by atoms with Gasteiger partial charge in [0.2, 0.25) is 0 Å². The Balaban J connectivity index is 2.49. The molecule has 0 aliphatic rings. The lowest BCUT2D eigenvalue weighted by atomic mass is 10.1. The number of hydrogen-bond donors (Lipinski definition) is 0. The van der Waals surface area contributed by atoms with Crippen molar-refractivity contribution in [2.75, 3.05) is 0 Å². The molecule has 1 aromatic carbocycles. The van der Waals surface area contributed by atoms with E-state index in [0.717, 1.165) is 12.8 Å². The molecule has 1 nitrogen and oxygen atoms in total. The molecule has 1 heterocycles. The number of benzene rings is 1. The monoisotopic (exact) mass is 185 g/mol. The van der Waals surface area contributed by atoms with Crippen molar-refractivity contribution >= 4 is 10.9 Å². The standard InChI is InChI=1S/C13H15N/c1-3-4-7-11-10-14(2)13-9-6-5-8-12(11)13/h3,5-6,8-10H,1,4,7H2,2H3. The fraction of sp³-hybridized carbons (Fsp3) is 0.231. The first-order valence-electron chi connectivity index (χ1n) is 4.97. The zero-order chi connectivity index (χ0) is 9.97. The molecule has 0 spiro atoms. The van der Waals surface area contributed by atoms with Crippen LogP contribution >= 0.6 is 0 Å². The van der Waals surface area contributed by atoms with Crippen LogP contribution in [-0.2, 0) is 13.5 Å². The van der Waals surface area contributed by atoms with E-state index in [-0.39, 0.29) is 0 Å². The van der Waals surface area contributed by atoms with Gasteiger partial charge >= 0.3 is 0 Å². The average Bonchev–Trinajstić information content (AvgIpc) is 2.54. The molecule has 14 heavy (non-hydrogen) atoms. The van der Waals surface area contributed by atoms with E-state index in [0.29, 0.717) is 0 Å². The molecule has 0 bridgehead atoms. The molecule has 2 rings (SSSR count). The quantitative estimate of drug-likeness (QED) is 0.647. The van der Waals surface area contributed by atoms with Crippen molar-refractivity contribution < 1.29 is 0 Å². The third-order valence-corrected chi connectivity index (χ3v) is 2.60. The van der Waals surface area contributed by atoms with Crippen LogP contribution < -0.4 is 0 Å². The van der Waals surface area contributed by atoms with Gasteiger partial charge in [-0.25, -0.2) is 0 Å². The smallest absolute Gasteiger partial charge is 0.0480 e. The summed E-state index contributed by atoms with van der Waals surface area (Å²) in [6.45, 7) is 3.76. The minimum absolute atomic E-state index is 1.05. The fourth-order valence-corrected chi connectivity index (χ4v) is 1.88. The van der Waals surface area contributed by atoms with Crippen LogP contribution in [0.1, 0.15) is 12.0 Å². The van der Waals surface area contributed by atoms with Crippen LogP contribution in [0.4, 0.5) is 0 Å². The SMILES string of the molecule is C=CCCc1cn(C)c2ccccc12. The van der Waals surface area contributed by atoms with Crippen LogP contribution in [0, 0.1) is 0 Å². The van der Waals surface area contributed by atoms with Crippen molar-refractivity contribution in [3.05, 3.63) is 48.7 Å². The summed E-state index contributed by atoms with van der Waals surface area (Å²) in [5, 5.41) is 1.37. The van der Waals surface area contributed by atoms with Crippen molar-refractivity contribution in [1.29, 1.82) is 0 Å². The Hall–Kier alpha value is -1.50. The van der Waals surface area contributed by atoms with Gasteiger partial charge in [0.1, 0.15) is 0 Å². The molecule has 0 amide bonds. The molecule has 0 saturated carbocycles. The van der Waals surface area contributed by atoms with Crippen molar-refractivity contribution in [3.8, 4) is 0 Å². The highest BCUT2D eigenvalue weighted by molar-refractivity contribution is 5.83. The third-order valence-electron chi connectivity index (χ3n) is 2.60. The van der Waals surface area contributed by atoms with Gasteiger partial charge in [-0.3, -0.25) is 0 Å². The molecule has 2 aromatic rings. The largest absolute Gasteiger partial charge is 0.350 e. The minimum atomic E-state index is 1.05. The lowest BCUT2D eigenvalue weighted by Crippen LogP contribution is -1.82. The molecule has 1 heteroatoms. The molecular weight excluding hydrogens is 170 g/mol. The minimum Gasteiger partial charge on any atom is -0.350 e. The lowest BCUT2D eigenvalue weighted by Gasteiger charge is -1.94. The molecule has 0 unspecified atom stereocenters. The maximum atomic E-state index is 3.76. The van der Waals surface area contributed by atoms with Gasteiger partial charge in [0, 0.05) is 24.1 Å². The van der Waals surface area contributed by atoms with E-state index in [2.05, 4.69) is 48.7 Å². The number of aryl methyl sites for hydroxylation is 2. The molecule has 0 fully saturated rings. The van der Waals surface area contributed by atoms with Gasteiger partial charge in [-0.15, -0.1) is 6.58 Å². The second-order valence-electron chi connectivity index (χ2n) is 3.61. The first kappa shape index (κ1) is 9.07. The van der Waals surface area contributed by atoms with E-state index in [9.17, 15) is 0 Å². The van der Waals surface area contributed by atoms with Crippen LogP contribution in [0.3, 0.4) is 0 Å². The van der Waals surface area contributed by atoms with Gasteiger partial charge in [-0.2, -0.15) is 0 Å². The zero-order valence-electron chi connectivity index (χ0n) is 8.53. The number of hydrogen-bond acceptors (Lipinski definition) is 0. The van der Waals surface area contributed by atoms with E-state index in [1.165, 1.54) is 16.5 Å². The Morgan fingerprint density at radius 2 is 2.14 bits per heavy atom. The Morgan fingerprint density at radius 3 is 2.93 bits per heavy atom. The fourth-order valence-electron chi connectivity index (χ4n) is 1.88. The summed E-state index contributed by atoms with van der Waals surface area (Å²) in [7, 11) is 2.10. The molecule has 0 saturated heterocycles. The van der Waals surface area contributed by atoms with E-state index in [1.807, 2.05) is 6.08 Å². The normalized spacial score (nSPS) is 10.6. The van der Waals surface area contributed by atoms with Crippen molar-refractivity contribution in [3.63, 3.8) is 0 Å². The highest BCUT2D eigenvalue weighted by atomic mass is 14.9. The molecule has 0 aliphatic carbocycles. The maximum Gasteiger partial charge on any atom is 0.0480 e. The van der Waals surface area contributed by atoms with Crippen LogP contribution in [0.2, 0.25) is 0 Å². The topological polar surface area (TPSA) is 4.93 Å². The van der Waals surface area contributed by atoms with Gasteiger partial charge in [0.15, 0.2) is 0 Å². The Morgan fingerprint density at radius 1 is 1.36 bits per heavy atom. The predicted molar refractivity (Wildman–Crippen MR) is 61.4 cm³/mol. The maximum absolute atomic E-state index is 3.76. The van der Waals surface area contributed by atoms with Gasteiger partial charge in [-0.1, -0.05) is 24.3 Å². The van der Waals surface area contributed by atoms with E-state index >= 15 is 0 Å². The summed E-state index contributed by atoms with van der Waals surface area (Å²) in [6, 6.07) is 8.53. The average molecular weight is 185 g/mol. The summed E-state index contributed by atoms with van der Waals surface area (Å²) in [5.41, 5.74) is 2.73. The summed E-state index contributed by atoms with van der Waals surface area (Å²) in [5.74, 6) is 0. The summed E-state index contributed by atoms with van der Waals surface area (Å²) >= 11 is 0. The number of fused-ring (bicyclic) bond motifs is 1. The highest BCUT2D eigenvalue weighted by Gasteiger charge is 2.03. The molecular formula is C13H15N. The Kier molecular flexibility index (Phi) is 2.40. The first-order chi connectivity index (χ1) is 6.83. The second-order valence-corrected chi connectivity index (χ2v) is 3.61. The predicted octanol–water partition coefficient (Wildman–Crippen LogP) is 3.30. The van der Waals surface area contributed by atoms with Gasteiger partial charge in [0.25, 0.3) is 0 Å². The molecule has 0 atom stereocenters. The van der Waals surface area contributed by atoms with Gasteiger partial charge < -0.3 is 4.57 Å². The van der Waals surface area contributed by atoms with Gasteiger partial charge in [0.05, 0.1) is 0 Å². The van der Waals surface area contributed by atoms with E-state index < -0.39 is 0 Å². The number of rotatable bonds is 3. The number of nitrogens with zero attached hydrogens (tertiary/aromatic N) is 1. The molecule has 1 aromatic heterocycles. The zero-order valence-corrected chi connectivity index (χ0v) is 8.53. The number of aromatic nitrogens is 1. The Bertz CT molecular complexity index is 451. The van der Waals surface area contributed by atoms with Crippen LogP contribution in [0.15, 0.2) is 43.1 Å². The summed E-state index contributed by atoms with van der Waals surface area (Å²) in [4.78, 5) is 0. The van der Waals surface area contributed by atoms with Crippen molar-refractivity contribution in [2.45, 2.75) is 12.8 Å². The van der Waals surface area contributed by atoms with Crippen LogP contribution in [0.5, 0.6) is 0 Å². The summed E-state index contributed by atoms with van der Waals surface area (Å²) < 4.78 is 2.19. The van der Waals surface area contributed by atoms with Crippen LogP contribution in [0.25, 0.3) is 10.9 Å².